The summed E-state index contributed by atoms with van der Waals surface area (Å²) in [5.74, 6) is 3.21. The van der Waals surface area contributed by atoms with E-state index >= 15 is 0 Å². The lowest BCUT2D eigenvalue weighted by molar-refractivity contribution is 0.266. The monoisotopic (exact) mass is 443 g/mol. The van der Waals surface area contributed by atoms with E-state index in [1.54, 1.807) is 13.4 Å². The minimum Gasteiger partial charge on any atom is -0.496 e. The van der Waals surface area contributed by atoms with Crippen LogP contribution in [0.1, 0.15) is 24.0 Å². The fourth-order valence-corrected chi connectivity index (χ4v) is 4.60. The van der Waals surface area contributed by atoms with Crippen molar-refractivity contribution < 1.29 is 9.84 Å². The number of hydrogen-bond acceptors (Lipinski definition) is 6. The number of anilines is 3. The van der Waals surface area contributed by atoms with Crippen molar-refractivity contribution in [2.45, 2.75) is 32.7 Å². The predicted molar refractivity (Wildman–Crippen MR) is 132 cm³/mol. The maximum Gasteiger partial charge on any atom is 0.150 e. The number of pyridine rings is 1. The van der Waals surface area contributed by atoms with Crippen LogP contribution in [0.4, 0.5) is 17.5 Å². The molecule has 2 aromatic heterocycles. The fraction of sp³-hybridized carbons (Fsp3) is 0.308. The van der Waals surface area contributed by atoms with Crippen LogP contribution in [0.2, 0.25) is 0 Å². The number of aliphatic hydroxyl groups excluding tert-OH is 1. The van der Waals surface area contributed by atoms with Crippen molar-refractivity contribution in [3.05, 3.63) is 66.1 Å². The van der Waals surface area contributed by atoms with Gasteiger partial charge in [-0.05, 0) is 55.3 Å². The number of nitrogens with one attached hydrogen (secondary N) is 1. The number of nitrogens with zero attached hydrogens (tertiary/aromatic N) is 4. The smallest absolute Gasteiger partial charge is 0.150 e. The van der Waals surface area contributed by atoms with Crippen LogP contribution >= 0.6 is 0 Å². The maximum absolute atomic E-state index is 9.85. The highest BCUT2D eigenvalue weighted by Crippen LogP contribution is 2.33. The molecule has 0 spiro atoms. The van der Waals surface area contributed by atoms with E-state index in [2.05, 4.69) is 47.2 Å². The highest BCUT2D eigenvalue weighted by molar-refractivity contribution is 5.94. The van der Waals surface area contributed by atoms with E-state index in [-0.39, 0.29) is 12.6 Å². The summed E-state index contributed by atoms with van der Waals surface area (Å²) in [5, 5.41) is 15.4. The normalized spacial score (nSPS) is 15.9. The first-order valence-electron chi connectivity index (χ1n) is 11.3. The second-order valence-corrected chi connectivity index (χ2v) is 8.61. The molecule has 4 aromatic rings. The average molecular weight is 444 g/mol. The summed E-state index contributed by atoms with van der Waals surface area (Å²) < 4.78 is 7.50. The van der Waals surface area contributed by atoms with Gasteiger partial charge < -0.3 is 24.6 Å². The third kappa shape index (κ3) is 4.00. The molecule has 3 heterocycles. The summed E-state index contributed by atoms with van der Waals surface area (Å²) in [6.45, 7) is 5.17. The minimum atomic E-state index is 0.107. The molecule has 0 amide bonds. The van der Waals surface area contributed by atoms with Gasteiger partial charge in [0.2, 0.25) is 0 Å². The quantitative estimate of drug-likeness (QED) is 0.448. The van der Waals surface area contributed by atoms with Crippen molar-refractivity contribution in [1.82, 2.24) is 14.5 Å². The third-order valence-corrected chi connectivity index (χ3v) is 6.54. The molecule has 1 saturated heterocycles. The Bertz CT molecular complexity index is 1300. The minimum absolute atomic E-state index is 0.107. The molecule has 7 nitrogen and oxygen atoms in total. The number of hydrogen-bond donors (Lipinski definition) is 2. The number of methoxy groups -OCH3 is 1. The molecular formula is C26H29N5O2. The van der Waals surface area contributed by atoms with Crippen LogP contribution < -0.4 is 15.0 Å². The number of imidazole rings is 1. The Morgan fingerprint density at radius 1 is 1.15 bits per heavy atom. The topological polar surface area (TPSA) is 75.4 Å². The Labute approximate surface area is 193 Å². The molecule has 0 aliphatic carbocycles. The van der Waals surface area contributed by atoms with Gasteiger partial charge in [-0.3, -0.25) is 0 Å². The number of aliphatic hydroxyl groups is 1. The molecule has 1 aliphatic rings. The molecule has 5 rings (SSSR count). The number of aromatic nitrogens is 3. The third-order valence-electron chi connectivity index (χ3n) is 6.54. The second kappa shape index (κ2) is 8.75. The lowest BCUT2D eigenvalue weighted by atomic mass is 10.1. The van der Waals surface area contributed by atoms with Crippen LogP contribution in [-0.2, 0) is 0 Å². The number of ether oxygens (including phenoxy) is 1. The number of aryl methyl sites for hydroxylation is 1. The van der Waals surface area contributed by atoms with Crippen LogP contribution in [0.3, 0.4) is 0 Å². The molecule has 170 valence electrons. The van der Waals surface area contributed by atoms with Crippen molar-refractivity contribution in [1.29, 1.82) is 0 Å². The van der Waals surface area contributed by atoms with E-state index in [0.717, 1.165) is 64.4 Å². The standard InChI is InChI=1S/C26H29N5O2/c1-17-11-21(13-23(33-3)18(17)2)30-14-25(27-16-30)28-24-12-19-7-4-5-9-22(19)26(29-24)31-10-6-8-20(31)15-32/h4-5,7,9,11-14,16,20,32H,6,8,10,15H2,1-3H3,(H,28,29)/t20-/m1/s1. The first-order chi connectivity index (χ1) is 16.1. The van der Waals surface area contributed by atoms with Crippen molar-refractivity contribution in [3.8, 4) is 11.4 Å². The maximum atomic E-state index is 9.85. The first kappa shape index (κ1) is 21.3. The van der Waals surface area contributed by atoms with Crippen molar-refractivity contribution >= 4 is 28.2 Å². The average Bonchev–Trinajstić information content (AvgIpc) is 3.50. The fourth-order valence-electron chi connectivity index (χ4n) is 4.60. The lowest BCUT2D eigenvalue weighted by Crippen LogP contribution is -2.33. The highest BCUT2D eigenvalue weighted by atomic mass is 16.5. The zero-order valence-electron chi connectivity index (χ0n) is 19.2. The molecule has 7 heteroatoms. The molecule has 0 saturated carbocycles. The summed E-state index contributed by atoms with van der Waals surface area (Å²) >= 11 is 0. The zero-order valence-corrected chi connectivity index (χ0v) is 19.2. The van der Waals surface area contributed by atoms with E-state index in [1.165, 1.54) is 0 Å². The molecule has 2 aromatic carbocycles. The van der Waals surface area contributed by atoms with E-state index in [9.17, 15) is 5.11 Å². The summed E-state index contributed by atoms with van der Waals surface area (Å²) in [7, 11) is 1.69. The number of benzene rings is 2. The molecule has 2 N–H and O–H groups in total. The molecule has 0 unspecified atom stereocenters. The van der Waals surface area contributed by atoms with E-state index in [0.29, 0.717) is 5.82 Å². The van der Waals surface area contributed by atoms with Gasteiger partial charge in [-0.15, -0.1) is 0 Å². The van der Waals surface area contributed by atoms with Gasteiger partial charge in [0.15, 0.2) is 0 Å². The number of fused-ring (bicyclic) bond motifs is 1. The molecule has 33 heavy (non-hydrogen) atoms. The Hall–Kier alpha value is -3.58. The lowest BCUT2D eigenvalue weighted by Gasteiger charge is -2.26. The molecule has 1 atom stereocenters. The van der Waals surface area contributed by atoms with Gasteiger partial charge in [-0.1, -0.05) is 24.3 Å². The molecule has 0 bridgehead atoms. The molecule has 1 fully saturated rings. The Balaban J connectivity index is 1.48. The second-order valence-electron chi connectivity index (χ2n) is 8.61. The van der Waals surface area contributed by atoms with Gasteiger partial charge >= 0.3 is 0 Å². The Morgan fingerprint density at radius 2 is 2.00 bits per heavy atom. The largest absolute Gasteiger partial charge is 0.496 e. The zero-order chi connectivity index (χ0) is 22.9. The van der Waals surface area contributed by atoms with E-state index in [1.807, 2.05) is 35.0 Å². The van der Waals surface area contributed by atoms with Gasteiger partial charge in [0.05, 0.1) is 31.6 Å². The van der Waals surface area contributed by atoms with Gasteiger partial charge in [-0.25, -0.2) is 9.97 Å². The van der Waals surface area contributed by atoms with Crippen molar-refractivity contribution in [3.63, 3.8) is 0 Å². The van der Waals surface area contributed by atoms with Crippen molar-refractivity contribution in [2.75, 3.05) is 30.5 Å². The summed E-state index contributed by atoms with van der Waals surface area (Å²) in [4.78, 5) is 11.7. The Morgan fingerprint density at radius 3 is 2.82 bits per heavy atom. The molecular weight excluding hydrogens is 414 g/mol. The van der Waals surface area contributed by atoms with Crippen LogP contribution in [0.15, 0.2) is 55.0 Å². The van der Waals surface area contributed by atoms with Crippen LogP contribution in [0, 0.1) is 13.8 Å². The van der Waals surface area contributed by atoms with Crippen LogP contribution in [0.25, 0.3) is 16.5 Å². The van der Waals surface area contributed by atoms with Crippen molar-refractivity contribution in [2.24, 2.45) is 0 Å². The van der Waals surface area contributed by atoms with Gasteiger partial charge in [0.25, 0.3) is 0 Å². The van der Waals surface area contributed by atoms with Gasteiger partial charge in [0.1, 0.15) is 29.5 Å². The summed E-state index contributed by atoms with van der Waals surface area (Å²) in [5.41, 5.74) is 3.29. The Kier molecular flexibility index (Phi) is 5.64. The van der Waals surface area contributed by atoms with Crippen LogP contribution in [-0.4, -0.2) is 45.9 Å². The van der Waals surface area contributed by atoms with E-state index in [4.69, 9.17) is 9.72 Å². The SMILES string of the molecule is COc1cc(-n2cnc(Nc3cc4ccccc4c(N4CCC[C@@H]4CO)n3)c2)cc(C)c1C. The number of rotatable bonds is 6. The first-order valence-corrected chi connectivity index (χ1v) is 11.3. The molecule has 0 radical (unpaired) electrons. The van der Waals surface area contributed by atoms with Gasteiger partial charge in [0, 0.05) is 18.0 Å². The summed E-state index contributed by atoms with van der Waals surface area (Å²) in [6.07, 6.45) is 5.78. The summed E-state index contributed by atoms with van der Waals surface area (Å²) in [6, 6.07) is 14.5. The highest BCUT2D eigenvalue weighted by Gasteiger charge is 2.26. The van der Waals surface area contributed by atoms with Gasteiger partial charge in [-0.2, -0.15) is 0 Å². The van der Waals surface area contributed by atoms with E-state index < -0.39 is 0 Å². The molecule has 1 aliphatic heterocycles. The van der Waals surface area contributed by atoms with Crippen LogP contribution in [0.5, 0.6) is 5.75 Å². The predicted octanol–water partition coefficient (Wildman–Crippen LogP) is 4.75.